The van der Waals surface area contributed by atoms with Gasteiger partial charge in [0, 0.05) is 5.69 Å². The zero-order valence-corrected chi connectivity index (χ0v) is 13.0. The van der Waals surface area contributed by atoms with E-state index in [1.165, 1.54) is 24.3 Å². The van der Waals surface area contributed by atoms with Crippen LogP contribution in [0.5, 0.6) is 0 Å². The van der Waals surface area contributed by atoms with Gasteiger partial charge < -0.3 is 10.6 Å². The van der Waals surface area contributed by atoms with Crippen molar-refractivity contribution in [2.45, 2.75) is 10.5 Å². The lowest BCUT2D eigenvalue weighted by Gasteiger charge is -2.05. The van der Waals surface area contributed by atoms with Crippen molar-refractivity contribution in [3.8, 4) is 0 Å². The number of halogens is 4. The molecule has 1 heterocycles. The zero-order valence-electron chi connectivity index (χ0n) is 11.4. The monoisotopic (exact) mass is 366 g/mol. The molecule has 2 rings (SSSR count). The Hall–Kier alpha value is -1.88. The highest BCUT2D eigenvalue weighted by Gasteiger charge is 2.27. The first-order valence-electron chi connectivity index (χ1n) is 6.14. The molecule has 0 unspecified atom stereocenters. The summed E-state index contributed by atoms with van der Waals surface area (Å²) in [7, 11) is 0. The van der Waals surface area contributed by atoms with Gasteiger partial charge in [-0.05, 0) is 24.3 Å². The molecule has 0 atom stereocenters. The summed E-state index contributed by atoms with van der Waals surface area (Å²) in [5, 5.41) is 11.9. The predicted octanol–water partition coefficient (Wildman–Crippen LogP) is 3.38. The average molecular weight is 366 g/mol. The average Bonchev–Trinajstić information content (AvgIpc) is 2.93. The molecule has 11 heteroatoms. The fraction of sp³-hybridized carbons (Fsp3) is 0.250. The largest absolute Gasteiger partial charge is 0.405 e. The quantitative estimate of drug-likeness (QED) is 0.606. The molecule has 0 aliphatic rings. The Morgan fingerprint density at radius 3 is 2.57 bits per heavy atom. The molecule has 1 amide bonds. The lowest BCUT2D eigenvalue weighted by atomic mass is 10.3. The Morgan fingerprint density at radius 1 is 1.22 bits per heavy atom. The van der Waals surface area contributed by atoms with E-state index in [2.05, 4.69) is 20.8 Å². The van der Waals surface area contributed by atoms with Gasteiger partial charge in [0.15, 0.2) is 4.34 Å². The second kappa shape index (κ2) is 7.59. The van der Waals surface area contributed by atoms with Gasteiger partial charge in [-0.2, -0.15) is 13.2 Å². The topological polar surface area (TPSA) is 66.9 Å². The second-order valence-electron chi connectivity index (χ2n) is 4.19. The number of alkyl halides is 3. The molecule has 0 aliphatic carbocycles. The van der Waals surface area contributed by atoms with Gasteiger partial charge in [-0.1, -0.05) is 23.1 Å². The second-order valence-corrected chi connectivity index (χ2v) is 6.39. The Labute approximate surface area is 136 Å². The smallest absolute Gasteiger partial charge is 0.351 e. The van der Waals surface area contributed by atoms with E-state index in [0.717, 1.165) is 23.1 Å². The van der Waals surface area contributed by atoms with E-state index >= 15 is 0 Å². The van der Waals surface area contributed by atoms with E-state index in [1.54, 1.807) is 0 Å². The van der Waals surface area contributed by atoms with Crippen LogP contribution in [0.2, 0.25) is 0 Å². The fourth-order valence-corrected chi connectivity index (χ4v) is 2.92. The number of rotatable bonds is 6. The molecule has 0 saturated carbocycles. The fourth-order valence-electron chi connectivity index (χ4n) is 1.37. The van der Waals surface area contributed by atoms with Crippen LogP contribution < -0.4 is 10.6 Å². The van der Waals surface area contributed by atoms with Gasteiger partial charge in [0.05, 0.1) is 5.75 Å². The molecule has 0 radical (unpaired) electrons. The molecule has 0 spiro atoms. The van der Waals surface area contributed by atoms with Crippen molar-refractivity contribution in [1.29, 1.82) is 0 Å². The molecule has 2 N–H and O–H groups in total. The number of anilines is 2. The normalized spacial score (nSPS) is 11.3. The number of nitrogens with one attached hydrogen (secondary N) is 2. The van der Waals surface area contributed by atoms with E-state index in [1.807, 2.05) is 0 Å². The van der Waals surface area contributed by atoms with Crippen LogP contribution >= 0.6 is 23.1 Å². The van der Waals surface area contributed by atoms with Gasteiger partial charge in [-0.15, -0.1) is 10.2 Å². The summed E-state index contributed by atoms with van der Waals surface area (Å²) in [6.07, 6.45) is -4.34. The van der Waals surface area contributed by atoms with Crippen LogP contribution in [0.25, 0.3) is 0 Å². The third kappa shape index (κ3) is 6.40. The van der Waals surface area contributed by atoms with E-state index < -0.39 is 18.5 Å². The summed E-state index contributed by atoms with van der Waals surface area (Å²) in [5.41, 5.74) is 0.446. The third-order valence-electron chi connectivity index (χ3n) is 2.30. The standard InChI is InChI=1S/C12H10F4N4OS2/c13-7-1-3-8(4-2-7)18-9(21)5-22-11-20-19-10(23-11)17-6-12(14,15)16/h1-4H,5-6H2,(H,17,19)(H,18,21). The lowest BCUT2D eigenvalue weighted by Crippen LogP contribution is -2.21. The highest BCUT2D eigenvalue weighted by atomic mass is 32.2. The van der Waals surface area contributed by atoms with E-state index in [4.69, 9.17) is 0 Å². The summed E-state index contributed by atoms with van der Waals surface area (Å²) >= 11 is 1.97. The lowest BCUT2D eigenvalue weighted by molar-refractivity contribution is -0.115. The van der Waals surface area contributed by atoms with Crippen molar-refractivity contribution < 1.29 is 22.4 Å². The van der Waals surface area contributed by atoms with Crippen molar-refractivity contribution in [3.05, 3.63) is 30.1 Å². The maximum absolute atomic E-state index is 12.7. The molecular formula is C12H10F4N4OS2. The van der Waals surface area contributed by atoms with Crippen LogP contribution in [0.4, 0.5) is 28.4 Å². The Bertz CT molecular complexity index is 660. The van der Waals surface area contributed by atoms with Crippen molar-refractivity contribution >= 4 is 39.8 Å². The highest BCUT2D eigenvalue weighted by Crippen LogP contribution is 2.26. The maximum Gasteiger partial charge on any atom is 0.405 e. The number of thioether (sulfide) groups is 1. The summed E-state index contributed by atoms with van der Waals surface area (Å²) in [6, 6.07) is 5.27. The van der Waals surface area contributed by atoms with Crippen molar-refractivity contribution in [2.24, 2.45) is 0 Å². The first-order valence-corrected chi connectivity index (χ1v) is 7.94. The predicted molar refractivity (Wildman–Crippen MR) is 80.2 cm³/mol. The number of hydrogen-bond donors (Lipinski definition) is 2. The molecule has 124 valence electrons. The molecule has 5 nitrogen and oxygen atoms in total. The molecular weight excluding hydrogens is 356 g/mol. The Morgan fingerprint density at radius 2 is 1.91 bits per heavy atom. The number of nitrogens with zero attached hydrogens (tertiary/aromatic N) is 2. The summed E-state index contributed by atoms with van der Waals surface area (Å²) in [6.45, 7) is -1.20. The van der Waals surface area contributed by atoms with Crippen LogP contribution in [0.15, 0.2) is 28.6 Å². The number of aromatic nitrogens is 2. The molecule has 23 heavy (non-hydrogen) atoms. The minimum Gasteiger partial charge on any atom is -0.351 e. The van der Waals surface area contributed by atoms with E-state index in [0.29, 0.717) is 10.0 Å². The summed E-state index contributed by atoms with van der Waals surface area (Å²) in [4.78, 5) is 11.7. The van der Waals surface area contributed by atoms with Gasteiger partial charge in [0.25, 0.3) is 0 Å². The molecule has 0 saturated heterocycles. The maximum atomic E-state index is 12.7. The van der Waals surface area contributed by atoms with Crippen LogP contribution in [0.1, 0.15) is 0 Å². The Kier molecular flexibility index (Phi) is 5.77. The van der Waals surface area contributed by atoms with Crippen LogP contribution in [0, 0.1) is 5.82 Å². The van der Waals surface area contributed by atoms with Crippen molar-refractivity contribution in [3.63, 3.8) is 0 Å². The molecule has 1 aromatic heterocycles. The van der Waals surface area contributed by atoms with Crippen LogP contribution in [-0.2, 0) is 4.79 Å². The van der Waals surface area contributed by atoms with Crippen LogP contribution in [-0.4, -0.2) is 34.6 Å². The van der Waals surface area contributed by atoms with Gasteiger partial charge in [-0.3, -0.25) is 4.79 Å². The minimum atomic E-state index is -4.34. The molecule has 2 aromatic rings. The Balaban J connectivity index is 1.78. The third-order valence-corrected chi connectivity index (χ3v) is 4.32. The SMILES string of the molecule is O=C(CSc1nnc(NCC(F)(F)F)s1)Nc1ccc(F)cc1. The number of benzene rings is 1. The van der Waals surface area contributed by atoms with E-state index in [-0.39, 0.29) is 16.8 Å². The summed E-state index contributed by atoms with van der Waals surface area (Å²) in [5.74, 6) is -0.752. The zero-order chi connectivity index (χ0) is 16.9. The molecule has 0 aliphatic heterocycles. The van der Waals surface area contributed by atoms with E-state index in [9.17, 15) is 22.4 Å². The first-order chi connectivity index (χ1) is 10.8. The van der Waals surface area contributed by atoms with Gasteiger partial charge in [0.2, 0.25) is 11.0 Å². The number of amides is 1. The van der Waals surface area contributed by atoms with Crippen LogP contribution in [0.3, 0.4) is 0 Å². The van der Waals surface area contributed by atoms with Gasteiger partial charge >= 0.3 is 6.18 Å². The molecule has 0 fully saturated rings. The molecule has 0 bridgehead atoms. The van der Waals surface area contributed by atoms with Gasteiger partial charge in [-0.25, -0.2) is 4.39 Å². The summed E-state index contributed by atoms with van der Waals surface area (Å²) < 4.78 is 49.2. The van der Waals surface area contributed by atoms with Gasteiger partial charge in [0.1, 0.15) is 12.4 Å². The minimum absolute atomic E-state index is 0.00524. The molecule has 1 aromatic carbocycles. The van der Waals surface area contributed by atoms with Crippen molar-refractivity contribution in [1.82, 2.24) is 10.2 Å². The first kappa shape index (κ1) is 17.5. The number of hydrogen-bond acceptors (Lipinski definition) is 6. The number of carbonyl (C=O) groups is 1. The number of carbonyl (C=O) groups excluding carboxylic acids is 1. The van der Waals surface area contributed by atoms with Crippen molar-refractivity contribution in [2.75, 3.05) is 22.9 Å². The highest BCUT2D eigenvalue weighted by molar-refractivity contribution is 8.01.